The van der Waals surface area contributed by atoms with E-state index in [9.17, 15) is 51.9 Å². The third kappa shape index (κ3) is 11.7. The zero-order valence-corrected chi connectivity index (χ0v) is 58.6. The van der Waals surface area contributed by atoms with Gasteiger partial charge in [-0.15, -0.1) is 0 Å². The summed E-state index contributed by atoms with van der Waals surface area (Å²) in [5.41, 5.74) is 5.77. The number of nitrogens with one attached hydrogen (secondary N) is 4. The van der Waals surface area contributed by atoms with Gasteiger partial charge in [-0.2, -0.15) is 0 Å². The smallest absolute Gasteiger partial charge is 0.744 e. The summed E-state index contributed by atoms with van der Waals surface area (Å²) in [7, 11) is -19.2. The predicted octanol–water partition coefficient (Wildman–Crippen LogP) is 3.36. The maximum Gasteiger partial charge on any atom is 2.00 e. The molecule has 14 aromatic rings. The van der Waals surface area contributed by atoms with Crippen LogP contribution < -0.4 is 59.1 Å². The van der Waals surface area contributed by atoms with Gasteiger partial charge in [-0.3, -0.25) is 0 Å². The third-order valence-corrected chi connectivity index (χ3v) is 19.7. The van der Waals surface area contributed by atoms with Crippen LogP contribution in [0.5, 0.6) is 0 Å². The van der Waals surface area contributed by atoms with Crippen LogP contribution in [-0.2, 0) is 57.5 Å². The van der Waals surface area contributed by atoms with Crippen LogP contribution in [0, 0.1) is 0 Å². The topological polar surface area (TPSA) is 447 Å². The second-order valence-corrected chi connectivity index (χ2v) is 27.6. The van der Waals surface area contributed by atoms with Crippen molar-refractivity contribution in [3.05, 3.63) is 170 Å². The maximum atomic E-state index is 12.0. The Bertz CT molecular complexity index is 5970. The van der Waals surface area contributed by atoms with Crippen LogP contribution in [-0.4, -0.2) is 132 Å². The molecule has 0 aliphatic carbocycles. The largest absolute Gasteiger partial charge is 2.00 e. The summed E-state index contributed by atoms with van der Waals surface area (Å²) < 4.78 is 144. The van der Waals surface area contributed by atoms with E-state index in [4.69, 9.17) is 39.9 Å². The fourth-order valence-electron chi connectivity index (χ4n) is 11.9. The van der Waals surface area contributed by atoms with Crippen LogP contribution in [0.15, 0.2) is 189 Å². The normalized spacial score (nSPS) is 12.3. The molecule has 0 amide bonds. The van der Waals surface area contributed by atoms with Gasteiger partial charge in [0.1, 0.15) is 85.6 Å². The first kappa shape index (κ1) is 66.9. The van der Waals surface area contributed by atoms with Gasteiger partial charge in [-0.1, -0.05) is 97.1 Å². The van der Waals surface area contributed by atoms with Crippen LogP contribution in [0.3, 0.4) is 0 Å². The minimum Gasteiger partial charge on any atom is -0.744 e. The Morgan fingerprint density at radius 2 is 0.374 bits per heavy atom. The summed E-state index contributed by atoms with van der Waals surface area (Å²) in [5.74, 6) is 1.28. The van der Waals surface area contributed by atoms with E-state index in [-0.39, 0.29) is 123 Å². The van der Waals surface area contributed by atoms with Gasteiger partial charge in [-0.25, -0.2) is 93.5 Å². The summed E-state index contributed by atoms with van der Waals surface area (Å²) in [6.07, 6.45) is 0. The minimum atomic E-state index is -4.79. The standard InChI is InChI=1S/2C32H18N8O6S2.Cu.2Na/c2*41-47(42,43)15-9-11-21-23(13-15)32-38-28-20-8-4-2-6-18(20)26(34-28)36-30-22-12-10-16(48(44,45)46)14-24(22)31(40-30)37-27-19-7-3-1-5-17(19)25(33-27)35-29(21)39-32;;;/h2*1-14H,(H,41,42,43)(H,44,45,46)(H2,33,34,35,36,37,38,39,40);;;/q;;+2;2*+1/p-4. The number of hydrogen-bond donors (Lipinski definition) is 4. The molecule has 18 rings (SSSR count). The molecule has 0 saturated heterocycles. The Morgan fingerprint density at radius 1 is 0.222 bits per heavy atom. The number of fused-ring (bicyclic) bond motifs is 40. The number of hydrogen-bond acceptors (Lipinski definition) is 24. The summed E-state index contributed by atoms with van der Waals surface area (Å²) in [6.45, 7) is 0. The molecule has 0 unspecified atom stereocenters. The Morgan fingerprint density at radius 3 is 0.525 bits per heavy atom. The molecule has 0 atom stereocenters. The number of aromatic nitrogens is 16. The zero-order valence-electron chi connectivity index (χ0n) is 50.4. The first-order valence-corrected chi connectivity index (χ1v) is 34.1. The fraction of sp³-hybridized carbons (Fsp3) is 0. The van der Waals surface area contributed by atoms with Gasteiger partial charge in [0.25, 0.3) is 0 Å². The summed E-state index contributed by atoms with van der Waals surface area (Å²) in [6, 6.07) is 44.7. The SMILES string of the molecule is O=S(=O)([O-])c1ccc2c(c1)-c1nc-2nc2[nH]c(nc3nc(nc4[nH]c(n1)c1ccccc41)-c1ccc(S(=O)(=O)[O-])cc1-3)c1ccccc21.O=S(=O)([O-])c1ccc2c(c1)-c1nc-2nc2[nH]c(nc3nc(nc4[nH]c(n1)c1ccccc41)-c1ccc(S(=O)(=O)[O-])cc1-3)c1ccccc21.[Cu+2].[Na+].[Na+]. The van der Waals surface area contributed by atoms with Crippen molar-refractivity contribution in [2.24, 2.45) is 0 Å². The van der Waals surface area contributed by atoms with Crippen LogP contribution in [0.2, 0.25) is 0 Å². The van der Waals surface area contributed by atoms with Gasteiger partial charge < -0.3 is 38.1 Å². The van der Waals surface area contributed by atoms with E-state index in [1.54, 1.807) is 0 Å². The number of aromatic amines is 4. The van der Waals surface area contributed by atoms with Crippen molar-refractivity contribution in [2.75, 3.05) is 0 Å². The molecule has 6 aromatic heterocycles. The molecular formula is C64H32CuN16Na2O12S4. The van der Waals surface area contributed by atoms with Crippen molar-refractivity contribution in [1.82, 2.24) is 79.7 Å². The van der Waals surface area contributed by atoms with E-state index in [1.807, 2.05) is 97.1 Å². The molecule has 1 radical (unpaired) electrons. The molecular weight excluding hydrogens is 1420 g/mol. The quantitative estimate of drug-likeness (QED) is 0.145. The molecule has 4 aliphatic heterocycles. The van der Waals surface area contributed by atoms with Crippen molar-refractivity contribution in [3.63, 3.8) is 0 Å². The van der Waals surface area contributed by atoms with E-state index in [0.29, 0.717) is 133 Å². The molecule has 99 heavy (non-hydrogen) atoms. The predicted molar refractivity (Wildman–Crippen MR) is 344 cm³/mol. The molecule has 0 fully saturated rings. The summed E-state index contributed by atoms with van der Waals surface area (Å²) >= 11 is 0. The Labute approximate surface area is 611 Å². The molecule has 35 heteroatoms. The molecule has 0 saturated carbocycles. The molecule has 4 aliphatic rings. The Hall–Kier alpha value is -9.36. The third-order valence-electron chi connectivity index (χ3n) is 16.3. The van der Waals surface area contributed by atoms with E-state index < -0.39 is 60.1 Å². The second kappa shape index (κ2) is 24.5. The average molecular weight is 1450 g/mol. The molecule has 477 valence electrons. The van der Waals surface area contributed by atoms with Gasteiger partial charge in [0.15, 0.2) is 46.6 Å². The van der Waals surface area contributed by atoms with Crippen molar-refractivity contribution in [3.8, 4) is 91.1 Å². The van der Waals surface area contributed by atoms with Gasteiger partial charge >= 0.3 is 76.2 Å². The first-order chi connectivity index (χ1) is 46.0. The van der Waals surface area contributed by atoms with Gasteiger partial charge in [0.05, 0.1) is 19.6 Å². The van der Waals surface area contributed by atoms with Crippen molar-refractivity contribution >= 4 is 129 Å². The molecule has 10 heterocycles. The van der Waals surface area contributed by atoms with Gasteiger partial charge in [0.2, 0.25) is 0 Å². The number of rotatable bonds is 4. The van der Waals surface area contributed by atoms with Crippen LogP contribution in [0.1, 0.15) is 0 Å². The van der Waals surface area contributed by atoms with Crippen molar-refractivity contribution in [1.29, 1.82) is 0 Å². The van der Waals surface area contributed by atoms with Crippen LogP contribution in [0.4, 0.5) is 0 Å². The minimum absolute atomic E-state index is 0. The number of H-pyrrole nitrogens is 4. The summed E-state index contributed by atoms with van der Waals surface area (Å²) in [4.78, 5) is 68.1. The first-order valence-electron chi connectivity index (χ1n) is 28.4. The average Bonchev–Trinajstić information content (AvgIpc) is 1.61. The Kier molecular flexibility index (Phi) is 16.6. The van der Waals surface area contributed by atoms with Crippen LogP contribution >= 0.6 is 0 Å². The van der Waals surface area contributed by atoms with Crippen molar-refractivity contribution in [2.45, 2.75) is 19.6 Å². The molecule has 28 nitrogen and oxygen atoms in total. The van der Waals surface area contributed by atoms with Crippen LogP contribution in [0.25, 0.3) is 179 Å². The monoisotopic (exact) mass is 1450 g/mol. The van der Waals surface area contributed by atoms with Crippen molar-refractivity contribution < 1.29 is 128 Å². The summed E-state index contributed by atoms with van der Waals surface area (Å²) in [5, 5.41) is 5.28. The molecule has 8 aromatic carbocycles. The van der Waals surface area contributed by atoms with Gasteiger partial charge in [0, 0.05) is 87.6 Å². The molecule has 0 spiro atoms. The second-order valence-electron chi connectivity index (χ2n) is 22.0. The maximum absolute atomic E-state index is 12.0. The Balaban J connectivity index is 0.000000164. The van der Waals surface area contributed by atoms with E-state index in [2.05, 4.69) is 39.9 Å². The zero-order chi connectivity index (χ0) is 65.9. The molecule has 16 bridgehead atoms. The van der Waals surface area contributed by atoms with E-state index >= 15 is 0 Å². The fourth-order valence-corrected chi connectivity index (χ4v) is 13.9. The number of benzene rings is 8. The number of nitrogens with zero attached hydrogens (tertiary/aromatic N) is 12. The van der Waals surface area contributed by atoms with E-state index in [0.717, 1.165) is 0 Å². The van der Waals surface area contributed by atoms with Gasteiger partial charge in [-0.05, 0) is 72.8 Å². The van der Waals surface area contributed by atoms with E-state index in [1.165, 1.54) is 72.8 Å². The molecule has 4 N–H and O–H groups in total.